The summed E-state index contributed by atoms with van der Waals surface area (Å²) in [4.78, 5) is 26.3. The molecule has 1 saturated heterocycles. The number of nitrogens with zero attached hydrogens (tertiary/aromatic N) is 1. The van der Waals surface area contributed by atoms with Gasteiger partial charge in [0.2, 0.25) is 11.8 Å². The van der Waals surface area contributed by atoms with Crippen LogP contribution in [0.4, 0.5) is 0 Å². The molecule has 0 spiro atoms. The topological polar surface area (TPSA) is 61.4 Å². The smallest absolute Gasteiger partial charge is 0.242 e. The van der Waals surface area contributed by atoms with Gasteiger partial charge in [-0.2, -0.15) is 0 Å². The summed E-state index contributed by atoms with van der Waals surface area (Å²) in [5, 5.41) is 7.64. The Bertz CT molecular complexity index is 445. The van der Waals surface area contributed by atoms with E-state index in [0.717, 1.165) is 0 Å². The molecule has 0 aromatic carbocycles. The molecule has 1 aromatic rings. The van der Waals surface area contributed by atoms with Crippen molar-refractivity contribution in [3.63, 3.8) is 0 Å². The fourth-order valence-electron chi connectivity index (χ4n) is 2.15. The maximum absolute atomic E-state index is 11.9. The summed E-state index contributed by atoms with van der Waals surface area (Å²) in [6.45, 7) is 0.554. The summed E-state index contributed by atoms with van der Waals surface area (Å²) in [5.74, 6) is -0.128. The van der Waals surface area contributed by atoms with Crippen molar-refractivity contribution in [1.82, 2.24) is 15.5 Å². The summed E-state index contributed by atoms with van der Waals surface area (Å²) in [6, 6.07) is 3.88. The number of carbonyl (C=O) groups excluding carboxylic acids is 2. The van der Waals surface area contributed by atoms with Gasteiger partial charge in [-0.25, -0.2) is 0 Å². The Kier molecular flexibility index (Phi) is 4.55. The third kappa shape index (κ3) is 3.54. The van der Waals surface area contributed by atoms with Crippen LogP contribution in [-0.4, -0.2) is 43.4 Å². The second-order valence-electron chi connectivity index (χ2n) is 4.90. The molecule has 1 aliphatic rings. The zero-order valence-electron chi connectivity index (χ0n) is 11.2. The van der Waals surface area contributed by atoms with E-state index in [0.29, 0.717) is 19.4 Å². The van der Waals surface area contributed by atoms with Crippen molar-refractivity contribution < 1.29 is 9.59 Å². The highest BCUT2D eigenvalue weighted by atomic mass is 32.1. The van der Waals surface area contributed by atoms with Gasteiger partial charge in [0, 0.05) is 17.8 Å². The lowest BCUT2D eigenvalue weighted by Crippen LogP contribution is -2.44. The molecule has 5 nitrogen and oxygen atoms in total. The highest BCUT2D eigenvalue weighted by Gasteiger charge is 2.27. The lowest BCUT2D eigenvalue weighted by molar-refractivity contribution is -0.125. The number of nitrogens with one attached hydrogen (secondary N) is 2. The fourth-order valence-corrected chi connectivity index (χ4v) is 3.07. The maximum Gasteiger partial charge on any atom is 0.242 e. The van der Waals surface area contributed by atoms with Gasteiger partial charge in [0.1, 0.15) is 6.04 Å². The molecule has 1 fully saturated rings. The molecule has 1 aliphatic heterocycles. The normalized spacial score (nSPS) is 20.4. The first-order valence-electron chi connectivity index (χ1n) is 6.35. The van der Waals surface area contributed by atoms with Gasteiger partial charge in [0.05, 0.1) is 6.04 Å². The highest BCUT2D eigenvalue weighted by molar-refractivity contribution is 7.10. The van der Waals surface area contributed by atoms with Gasteiger partial charge >= 0.3 is 0 Å². The molecule has 6 heteroatoms. The maximum atomic E-state index is 11.9. The summed E-state index contributed by atoms with van der Waals surface area (Å²) >= 11 is 1.68. The van der Waals surface area contributed by atoms with E-state index in [4.69, 9.17) is 0 Å². The van der Waals surface area contributed by atoms with Gasteiger partial charge in [0.15, 0.2) is 0 Å². The molecule has 2 heterocycles. The molecule has 2 atom stereocenters. The molecule has 0 bridgehead atoms. The average molecular weight is 281 g/mol. The minimum absolute atomic E-state index is 0.0393. The number of thiophene rings is 1. The second kappa shape index (κ2) is 6.16. The van der Waals surface area contributed by atoms with Crippen LogP contribution in [0.3, 0.4) is 0 Å². The minimum Gasteiger partial charge on any atom is -0.352 e. The van der Waals surface area contributed by atoms with Gasteiger partial charge in [-0.15, -0.1) is 11.3 Å². The van der Waals surface area contributed by atoms with Crippen molar-refractivity contribution in [2.24, 2.45) is 0 Å². The van der Waals surface area contributed by atoms with Gasteiger partial charge in [-0.05, 0) is 32.0 Å². The standard InChI is InChI=1S/C13H19N3O2S/c1-16(2)10(11-4-3-7-19-11)8-14-13(18)9-5-6-12(17)15-9/h3-4,7,9-10H,5-6,8H2,1-2H3,(H,14,18)(H,15,17)/t9-,10-/m1/s1. The zero-order valence-corrected chi connectivity index (χ0v) is 12.0. The monoisotopic (exact) mass is 281 g/mol. The lowest BCUT2D eigenvalue weighted by atomic mass is 10.2. The predicted molar refractivity (Wildman–Crippen MR) is 74.9 cm³/mol. The van der Waals surface area contributed by atoms with Crippen LogP contribution in [0, 0.1) is 0 Å². The number of hydrogen-bond acceptors (Lipinski definition) is 4. The van der Waals surface area contributed by atoms with Crippen molar-refractivity contribution in [1.29, 1.82) is 0 Å². The molecule has 0 saturated carbocycles. The number of amides is 2. The third-order valence-electron chi connectivity index (χ3n) is 3.28. The highest BCUT2D eigenvalue weighted by Crippen LogP contribution is 2.22. The quantitative estimate of drug-likeness (QED) is 0.837. The van der Waals surface area contributed by atoms with E-state index in [9.17, 15) is 9.59 Å². The van der Waals surface area contributed by atoms with Crippen molar-refractivity contribution in [3.8, 4) is 0 Å². The van der Waals surface area contributed by atoms with Crippen LogP contribution in [-0.2, 0) is 9.59 Å². The molecular formula is C13H19N3O2S. The Hall–Kier alpha value is -1.40. The number of rotatable bonds is 5. The molecule has 0 radical (unpaired) electrons. The largest absolute Gasteiger partial charge is 0.352 e. The summed E-state index contributed by atoms with van der Waals surface area (Å²) in [5.41, 5.74) is 0. The molecule has 1 aromatic heterocycles. The summed E-state index contributed by atoms with van der Waals surface area (Å²) < 4.78 is 0. The van der Waals surface area contributed by atoms with E-state index in [2.05, 4.69) is 21.6 Å². The Morgan fingerprint density at radius 2 is 2.42 bits per heavy atom. The van der Waals surface area contributed by atoms with Crippen molar-refractivity contribution in [2.75, 3.05) is 20.6 Å². The Balaban J connectivity index is 1.89. The summed E-state index contributed by atoms with van der Waals surface area (Å²) in [7, 11) is 3.99. The fraction of sp³-hybridized carbons (Fsp3) is 0.538. The SMILES string of the molecule is CN(C)[C@H](CNC(=O)[C@H]1CCC(=O)N1)c1cccs1. The van der Waals surface area contributed by atoms with Gasteiger partial charge in [-0.1, -0.05) is 6.07 Å². The van der Waals surface area contributed by atoms with Crippen molar-refractivity contribution in [3.05, 3.63) is 22.4 Å². The van der Waals surface area contributed by atoms with Crippen LogP contribution in [0.2, 0.25) is 0 Å². The number of hydrogen-bond donors (Lipinski definition) is 2. The van der Waals surface area contributed by atoms with Crippen LogP contribution in [0.15, 0.2) is 17.5 Å². The molecule has 19 heavy (non-hydrogen) atoms. The molecule has 2 N–H and O–H groups in total. The number of carbonyl (C=O) groups is 2. The molecule has 2 amide bonds. The lowest BCUT2D eigenvalue weighted by Gasteiger charge is -2.24. The zero-order chi connectivity index (χ0) is 13.8. The van der Waals surface area contributed by atoms with E-state index in [1.54, 1.807) is 11.3 Å². The van der Waals surface area contributed by atoms with Gasteiger partial charge in [-0.3, -0.25) is 9.59 Å². The molecular weight excluding hydrogens is 262 g/mol. The third-order valence-corrected chi connectivity index (χ3v) is 4.25. The van der Waals surface area contributed by atoms with Crippen LogP contribution >= 0.6 is 11.3 Å². The minimum atomic E-state index is -0.362. The van der Waals surface area contributed by atoms with Crippen LogP contribution in [0.5, 0.6) is 0 Å². The second-order valence-corrected chi connectivity index (χ2v) is 5.88. The van der Waals surface area contributed by atoms with Gasteiger partial charge < -0.3 is 15.5 Å². The van der Waals surface area contributed by atoms with Crippen molar-refractivity contribution in [2.45, 2.75) is 24.9 Å². The van der Waals surface area contributed by atoms with E-state index >= 15 is 0 Å². The van der Waals surface area contributed by atoms with E-state index in [-0.39, 0.29) is 23.9 Å². The first-order valence-corrected chi connectivity index (χ1v) is 7.23. The predicted octanol–water partition coefficient (Wildman–Crippen LogP) is 0.746. The Morgan fingerprint density at radius 1 is 1.63 bits per heavy atom. The van der Waals surface area contributed by atoms with E-state index in [1.165, 1.54) is 4.88 Å². The Labute approximate surface area is 117 Å². The van der Waals surface area contributed by atoms with Crippen LogP contribution < -0.4 is 10.6 Å². The summed E-state index contributed by atoms with van der Waals surface area (Å²) in [6.07, 6.45) is 1.04. The molecule has 0 unspecified atom stereocenters. The molecule has 104 valence electrons. The first kappa shape index (κ1) is 14.0. The van der Waals surface area contributed by atoms with Crippen LogP contribution in [0.1, 0.15) is 23.8 Å². The first-order chi connectivity index (χ1) is 9.08. The molecule has 2 rings (SSSR count). The van der Waals surface area contributed by atoms with Crippen LogP contribution in [0.25, 0.3) is 0 Å². The van der Waals surface area contributed by atoms with E-state index in [1.807, 2.05) is 25.5 Å². The number of likely N-dealkylation sites (N-methyl/N-ethyl adjacent to an activating group) is 1. The molecule has 0 aliphatic carbocycles. The van der Waals surface area contributed by atoms with Crippen molar-refractivity contribution >= 4 is 23.2 Å². The van der Waals surface area contributed by atoms with Gasteiger partial charge in [0.25, 0.3) is 0 Å². The van der Waals surface area contributed by atoms with E-state index < -0.39 is 0 Å². The Morgan fingerprint density at radius 3 is 2.95 bits per heavy atom. The average Bonchev–Trinajstić information content (AvgIpc) is 3.00.